The molecule has 12 nitrogen and oxygen atoms in total. The number of likely N-dealkylation sites (N-methyl/N-ethyl adjacent to an activating group) is 1. The molecule has 3 heterocycles. The molecule has 3 saturated heterocycles. The van der Waals surface area contributed by atoms with Gasteiger partial charge in [-0.3, -0.25) is 24.3 Å². The van der Waals surface area contributed by atoms with Gasteiger partial charge in [0.1, 0.15) is 23.7 Å². The molecule has 3 aromatic carbocycles. The van der Waals surface area contributed by atoms with Gasteiger partial charge in [0, 0.05) is 46.2 Å². The normalized spacial score (nSPS) is 19.3. The lowest BCUT2D eigenvalue weighted by atomic mass is 9.98. The van der Waals surface area contributed by atoms with E-state index in [0.717, 1.165) is 62.7 Å². The summed E-state index contributed by atoms with van der Waals surface area (Å²) in [6.07, 6.45) is 1.29. The molecule has 51 heavy (non-hydrogen) atoms. The van der Waals surface area contributed by atoms with Crippen molar-refractivity contribution in [3.05, 3.63) is 95.6 Å². The smallest absolute Gasteiger partial charge is 0.246 e. The van der Waals surface area contributed by atoms with E-state index < -0.39 is 12.2 Å². The molecule has 0 saturated carbocycles. The lowest BCUT2D eigenvalue weighted by Crippen LogP contribution is -2.74. The average Bonchev–Trinajstić information content (AvgIpc) is 3.15. The number of carbonyl (C=O) groups excluding carboxylic acids is 3. The van der Waals surface area contributed by atoms with Crippen molar-refractivity contribution in [2.45, 2.75) is 52.0 Å². The van der Waals surface area contributed by atoms with Gasteiger partial charge < -0.3 is 29.7 Å². The van der Waals surface area contributed by atoms with Gasteiger partial charge >= 0.3 is 0 Å². The van der Waals surface area contributed by atoms with Gasteiger partial charge in [0.2, 0.25) is 18.2 Å². The van der Waals surface area contributed by atoms with Crippen LogP contribution in [-0.2, 0) is 38.6 Å². The molecule has 0 radical (unpaired) electrons. The van der Waals surface area contributed by atoms with Crippen molar-refractivity contribution in [2.75, 3.05) is 66.6 Å². The van der Waals surface area contributed by atoms with E-state index in [2.05, 4.69) is 22.3 Å². The van der Waals surface area contributed by atoms with E-state index in [9.17, 15) is 19.5 Å². The van der Waals surface area contributed by atoms with Gasteiger partial charge in [-0.25, -0.2) is 5.01 Å². The van der Waals surface area contributed by atoms with Gasteiger partial charge in [0.25, 0.3) is 0 Å². The predicted octanol–water partition coefficient (Wildman–Crippen LogP) is 3.35. The van der Waals surface area contributed by atoms with Gasteiger partial charge in [0.15, 0.2) is 0 Å². The quantitative estimate of drug-likeness (QED) is 0.217. The van der Waals surface area contributed by atoms with E-state index in [4.69, 9.17) is 9.47 Å². The number of hydrogen-bond acceptors (Lipinski definition) is 9. The van der Waals surface area contributed by atoms with Crippen LogP contribution in [-0.4, -0.2) is 127 Å². The highest BCUT2D eigenvalue weighted by molar-refractivity contribution is 5.91. The Morgan fingerprint density at radius 3 is 2.33 bits per heavy atom. The van der Waals surface area contributed by atoms with Crippen LogP contribution in [0.25, 0.3) is 0 Å². The Balaban J connectivity index is 0.000000457. The largest absolute Gasteiger partial charge is 0.508 e. The molecule has 1 unspecified atom stereocenters. The van der Waals surface area contributed by atoms with Gasteiger partial charge in [-0.15, -0.1) is 0 Å². The van der Waals surface area contributed by atoms with Crippen LogP contribution in [0.3, 0.4) is 0 Å². The summed E-state index contributed by atoms with van der Waals surface area (Å²) in [7, 11) is 3.65. The molecule has 0 bridgehead atoms. The third kappa shape index (κ3) is 11.3. The highest BCUT2D eigenvalue weighted by atomic mass is 16.5. The molecule has 3 aliphatic heterocycles. The molecule has 3 fully saturated rings. The van der Waals surface area contributed by atoms with Crippen molar-refractivity contribution in [1.82, 2.24) is 30.0 Å². The molecule has 3 aromatic rings. The first-order chi connectivity index (χ1) is 24.9. The maximum absolute atomic E-state index is 13.8. The number of aromatic hydroxyl groups is 1. The lowest BCUT2D eigenvalue weighted by molar-refractivity contribution is -0.196. The van der Waals surface area contributed by atoms with Crippen LogP contribution in [0.2, 0.25) is 0 Å². The third-order valence-corrected chi connectivity index (χ3v) is 8.95. The minimum absolute atomic E-state index is 0.0134. The summed E-state index contributed by atoms with van der Waals surface area (Å²) in [6.45, 7) is 10.5. The molecule has 3 amide bonds. The standard InChI is InChI=1S/C29H37N5O6.C8H11N.C2H6/c1-30-20-28(37)34-26(17-22-6-8-24(36)9-7-22)29(38)32(19-27(34)33(30)21-35)18-23-4-2-5-25(16-23)40-13-3-10-31-11-14-39-15-12-31;1-9-7-8-5-3-2-4-6-8;1-2/h2,4-9,16,21,26-27,36H,3,10-15,17-20H2,1H3;2-6,9H,7H2,1H3;1-2H3/t26-,27?;;/m0../s1. The number of piperazine rings is 1. The van der Waals surface area contributed by atoms with Crippen molar-refractivity contribution in [1.29, 1.82) is 0 Å². The van der Waals surface area contributed by atoms with Crippen LogP contribution in [0.4, 0.5) is 0 Å². The van der Waals surface area contributed by atoms with Crippen molar-refractivity contribution in [3.63, 3.8) is 0 Å². The molecule has 6 rings (SSSR count). The van der Waals surface area contributed by atoms with E-state index in [1.807, 2.05) is 63.4 Å². The number of hydrogen-bond donors (Lipinski definition) is 2. The molecule has 12 heteroatoms. The number of fused-ring (bicyclic) bond motifs is 1. The second-order valence-corrected chi connectivity index (χ2v) is 12.5. The SMILES string of the molecule is CC.CN1CC(=O)N2C(CN(Cc3cccc(OCCCN4CCOCC4)c3)C(=O)[C@@H]2Cc2ccc(O)cc2)N1C=O.CNCc1ccccc1. The first-order valence-electron chi connectivity index (χ1n) is 17.9. The molecule has 276 valence electrons. The first kappa shape index (κ1) is 39.3. The number of ether oxygens (including phenoxy) is 2. The van der Waals surface area contributed by atoms with E-state index >= 15 is 0 Å². The highest BCUT2D eigenvalue weighted by Gasteiger charge is 2.49. The average molecular weight is 703 g/mol. The number of phenols is 1. The van der Waals surface area contributed by atoms with Crippen LogP contribution in [0.1, 0.15) is 37.0 Å². The van der Waals surface area contributed by atoms with Gasteiger partial charge in [-0.2, -0.15) is 0 Å². The Bertz CT molecular complexity index is 1500. The number of rotatable bonds is 12. The van der Waals surface area contributed by atoms with Crippen molar-refractivity contribution >= 4 is 18.2 Å². The molecular weight excluding hydrogens is 648 g/mol. The van der Waals surface area contributed by atoms with Crippen LogP contribution < -0.4 is 10.1 Å². The zero-order valence-electron chi connectivity index (χ0n) is 30.4. The minimum Gasteiger partial charge on any atom is -0.508 e. The summed E-state index contributed by atoms with van der Waals surface area (Å²) >= 11 is 0. The van der Waals surface area contributed by atoms with Gasteiger partial charge in [-0.1, -0.05) is 68.4 Å². The number of phenolic OH excluding ortho intramolecular Hbond substituents is 1. The number of nitrogens with zero attached hydrogens (tertiary/aromatic N) is 5. The molecule has 0 spiro atoms. The first-order valence-corrected chi connectivity index (χ1v) is 17.9. The molecule has 0 aliphatic carbocycles. The van der Waals surface area contributed by atoms with E-state index in [1.54, 1.807) is 46.1 Å². The molecular formula is C39H54N6O6. The van der Waals surface area contributed by atoms with Crippen LogP contribution >= 0.6 is 0 Å². The Morgan fingerprint density at radius 1 is 0.941 bits per heavy atom. The summed E-state index contributed by atoms with van der Waals surface area (Å²) in [5.41, 5.74) is 3.05. The molecule has 2 N–H and O–H groups in total. The van der Waals surface area contributed by atoms with Gasteiger partial charge in [0.05, 0.1) is 32.9 Å². The fourth-order valence-electron chi connectivity index (χ4n) is 6.44. The fourth-order valence-corrected chi connectivity index (χ4v) is 6.44. The van der Waals surface area contributed by atoms with Crippen molar-refractivity contribution in [2.24, 2.45) is 0 Å². The second-order valence-electron chi connectivity index (χ2n) is 12.5. The maximum Gasteiger partial charge on any atom is 0.246 e. The third-order valence-electron chi connectivity index (χ3n) is 8.95. The Kier molecular flexibility index (Phi) is 15.7. The molecule has 0 aromatic heterocycles. The topological polar surface area (TPSA) is 118 Å². The highest BCUT2D eigenvalue weighted by Crippen LogP contribution is 2.28. The van der Waals surface area contributed by atoms with Crippen LogP contribution in [0.5, 0.6) is 11.5 Å². The Labute approximate surface area is 302 Å². The van der Waals surface area contributed by atoms with E-state index in [0.29, 0.717) is 19.6 Å². The Hall–Kier alpha value is -4.49. The Morgan fingerprint density at radius 2 is 1.65 bits per heavy atom. The van der Waals surface area contributed by atoms with E-state index in [1.165, 1.54) is 10.6 Å². The second kappa shape index (κ2) is 20.4. The van der Waals surface area contributed by atoms with Gasteiger partial charge in [-0.05, 0) is 54.4 Å². The molecule has 3 aliphatic rings. The fraction of sp³-hybridized carbons (Fsp3) is 0.462. The number of hydrazine groups is 1. The summed E-state index contributed by atoms with van der Waals surface area (Å²) in [5.74, 6) is 0.497. The zero-order chi connectivity index (χ0) is 36.6. The van der Waals surface area contributed by atoms with Crippen molar-refractivity contribution < 1.29 is 29.0 Å². The number of carbonyl (C=O) groups is 3. The minimum atomic E-state index is -0.772. The summed E-state index contributed by atoms with van der Waals surface area (Å²) < 4.78 is 11.4. The monoisotopic (exact) mass is 702 g/mol. The summed E-state index contributed by atoms with van der Waals surface area (Å²) in [5, 5.41) is 15.8. The molecule has 2 atom stereocenters. The van der Waals surface area contributed by atoms with E-state index in [-0.39, 0.29) is 37.1 Å². The van der Waals surface area contributed by atoms with Crippen molar-refractivity contribution in [3.8, 4) is 11.5 Å². The summed E-state index contributed by atoms with van der Waals surface area (Å²) in [6, 6.07) is 23.9. The van der Waals surface area contributed by atoms with Crippen LogP contribution in [0, 0.1) is 0 Å². The van der Waals surface area contributed by atoms with Crippen LogP contribution in [0.15, 0.2) is 78.9 Å². The number of benzene rings is 3. The zero-order valence-corrected chi connectivity index (χ0v) is 30.4. The maximum atomic E-state index is 13.8. The number of morpholine rings is 1. The number of nitrogens with one attached hydrogen (secondary N) is 1. The summed E-state index contributed by atoms with van der Waals surface area (Å²) in [4.78, 5) is 44.7. The predicted molar refractivity (Wildman–Crippen MR) is 197 cm³/mol. The lowest BCUT2D eigenvalue weighted by Gasteiger charge is -2.53. The number of amides is 3.